The number of benzene rings is 1. The molecule has 0 atom stereocenters. The lowest BCUT2D eigenvalue weighted by Gasteiger charge is -2.15. The van der Waals surface area contributed by atoms with Crippen LogP contribution in [-0.4, -0.2) is 46.3 Å². The van der Waals surface area contributed by atoms with Gasteiger partial charge in [-0.15, -0.1) is 24.8 Å². The van der Waals surface area contributed by atoms with E-state index in [1.165, 1.54) is 0 Å². The number of fused-ring (bicyclic) bond motifs is 1. The molecular weight excluding hydrogens is 471 g/mol. The summed E-state index contributed by atoms with van der Waals surface area (Å²) in [7, 11) is 1.92. The van der Waals surface area contributed by atoms with Gasteiger partial charge < -0.3 is 10.3 Å². The Morgan fingerprint density at radius 3 is 2.41 bits per heavy atom. The number of Topliss-reactive ketones (excluding diaryl/α,β-unsaturated/α-hetero) is 1. The average Bonchev–Trinajstić information content (AvgIpc) is 3.02. The number of hydrogen-bond acceptors (Lipinski definition) is 4. The number of likely N-dealkylation sites (N-methyl/N-ethyl adjacent to an activating group) is 1. The molecule has 0 unspecified atom stereocenters. The fourth-order valence-electron chi connectivity index (χ4n) is 3.62. The van der Waals surface area contributed by atoms with Gasteiger partial charge in [0.1, 0.15) is 11.3 Å². The van der Waals surface area contributed by atoms with Gasteiger partial charge in [0.2, 0.25) is 0 Å². The van der Waals surface area contributed by atoms with Gasteiger partial charge in [0.25, 0.3) is 5.91 Å². The van der Waals surface area contributed by atoms with Gasteiger partial charge in [-0.3, -0.25) is 14.5 Å². The molecule has 2 heterocycles. The summed E-state index contributed by atoms with van der Waals surface area (Å²) in [5.41, 5.74) is 8.73. The molecule has 2 N–H and O–H groups in total. The predicted molar refractivity (Wildman–Crippen MR) is 135 cm³/mol. The number of pyridine rings is 1. The molecule has 0 saturated heterocycles. The Balaban J connectivity index is 0.00000256. The molecule has 32 heavy (non-hydrogen) atoms. The Hall–Kier alpha value is -2.12. The van der Waals surface area contributed by atoms with Crippen LogP contribution in [0, 0.1) is 0 Å². The van der Waals surface area contributed by atoms with Crippen LogP contribution in [0.25, 0.3) is 11.0 Å². The maximum absolute atomic E-state index is 13.3. The lowest BCUT2D eigenvalue weighted by atomic mass is 10.0. The van der Waals surface area contributed by atoms with Gasteiger partial charge in [-0.05, 0) is 43.8 Å². The number of primary amides is 1. The van der Waals surface area contributed by atoms with E-state index in [0.717, 1.165) is 29.6 Å². The van der Waals surface area contributed by atoms with Crippen molar-refractivity contribution in [2.24, 2.45) is 5.73 Å². The molecule has 0 aliphatic carbocycles. The van der Waals surface area contributed by atoms with Gasteiger partial charge in [0.05, 0.1) is 13.1 Å². The number of rotatable bonds is 9. The zero-order valence-electron chi connectivity index (χ0n) is 18.4. The van der Waals surface area contributed by atoms with Crippen molar-refractivity contribution in [3.05, 3.63) is 63.9 Å². The van der Waals surface area contributed by atoms with Crippen molar-refractivity contribution in [2.45, 2.75) is 33.2 Å². The number of nitrogens with zero attached hydrogens (tertiary/aromatic N) is 3. The number of aromatic nitrogens is 2. The van der Waals surface area contributed by atoms with Crippen LogP contribution in [0.4, 0.5) is 0 Å². The second kappa shape index (κ2) is 12.2. The monoisotopic (exact) mass is 498 g/mol. The summed E-state index contributed by atoms with van der Waals surface area (Å²) in [6.45, 7) is 5.64. The number of nitrogens with two attached hydrogens (primary N) is 1. The minimum absolute atomic E-state index is 0. The summed E-state index contributed by atoms with van der Waals surface area (Å²) in [6, 6.07) is 11.0. The van der Waals surface area contributed by atoms with Crippen LogP contribution < -0.4 is 5.73 Å². The maximum atomic E-state index is 13.3. The van der Waals surface area contributed by atoms with E-state index < -0.39 is 5.91 Å². The van der Waals surface area contributed by atoms with E-state index in [2.05, 4.69) is 11.9 Å². The standard InChI is InChI=1S/C23H27ClN4O2.2ClH/c1-4-8-19-21(20(29)14-27(3)5-2)16-11-12-18(22(25)30)26-23(16)28(19)13-15-9-6-7-10-17(15)24;;/h6-7,9-12H,4-5,8,13-14H2,1-3H3,(H2,25,30);2*1H. The highest BCUT2D eigenvalue weighted by atomic mass is 35.5. The highest BCUT2D eigenvalue weighted by Crippen LogP contribution is 2.29. The quantitative estimate of drug-likeness (QED) is 0.430. The first kappa shape index (κ1) is 27.9. The number of halogens is 3. The minimum atomic E-state index is -0.599. The van der Waals surface area contributed by atoms with Gasteiger partial charge in [0.15, 0.2) is 5.78 Å². The first-order valence-electron chi connectivity index (χ1n) is 10.1. The van der Waals surface area contributed by atoms with E-state index in [9.17, 15) is 9.59 Å². The van der Waals surface area contributed by atoms with Crippen LogP contribution in [0.3, 0.4) is 0 Å². The number of amides is 1. The van der Waals surface area contributed by atoms with E-state index in [-0.39, 0.29) is 36.3 Å². The molecule has 0 aliphatic heterocycles. The highest BCUT2D eigenvalue weighted by Gasteiger charge is 2.24. The van der Waals surface area contributed by atoms with E-state index >= 15 is 0 Å². The summed E-state index contributed by atoms with van der Waals surface area (Å²) >= 11 is 6.41. The van der Waals surface area contributed by atoms with Crippen LogP contribution in [0.15, 0.2) is 36.4 Å². The molecule has 0 spiro atoms. The molecule has 0 aliphatic rings. The average molecular weight is 500 g/mol. The third-order valence-electron chi connectivity index (χ3n) is 5.27. The van der Waals surface area contributed by atoms with Crippen molar-refractivity contribution >= 4 is 59.1 Å². The summed E-state index contributed by atoms with van der Waals surface area (Å²) in [5, 5.41) is 1.39. The lowest BCUT2D eigenvalue weighted by molar-refractivity contribution is 0.0948. The van der Waals surface area contributed by atoms with Gasteiger partial charge in [-0.25, -0.2) is 4.98 Å². The number of carbonyl (C=O) groups is 2. The maximum Gasteiger partial charge on any atom is 0.267 e. The predicted octanol–water partition coefficient (Wildman–Crippen LogP) is 4.77. The molecule has 1 amide bonds. The topological polar surface area (TPSA) is 81.2 Å². The van der Waals surface area contributed by atoms with Crippen LogP contribution in [0.5, 0.6) is 0 Å². The number of carbonyl (C=O) groups excluding carboxylic acids is 2. The van der Waals surface area contributed by atoms with Crippen LogP contribution >= 0.6 is 36.4 Å². The van der Waals surface area contributed by atoms with Gasteiger partial charge in [-0.1, -0.05) is 50.1 Å². The SMILES string of the molecule is CCCc1c(C(=O)CN(C)CC)c2ccc(C(N)=O)nc2n1Cc1ccccc1Cl.Cl.Cl. The fraction of sp³-hybridized carbons (Fsp3) is 0.348. The van der Waals surface area contributed by atoms with Crippen molar-refractivity contribution in [1.29, 1.82) is 0 Å². The lowest BCUT2D eigenvalue weighted by Crippen LogP contribution is -2.26. The van der Waals surface area contributed by atoms with Gasteiger partial charge in [-0.2, -0.15) is 0 Å². The van der Waals surface area contributed by atoms with Crippen molar-refractivity contribution in [3.63, 3.8) is 0 Å². The van der Waals surface area contributed by atoms with Crippen LogP contribution in [0.2, 0.25) is 5.02 Å². The molecule has 9 heteroatoms. The van der Waals surface area contributed by atoms with Gasteiger partial charge >= 0.3 is 0 Å². The molecule has 0 fully saturated rings. The number of hydrogen-bond donors (Lipinski definition) is 1. The van der Waals surface area contributed by atoms with E-state index in [1.54, 1.807) is 12.1 Å². The van der Waals surface area contributed by atoms with E-state index in [4.69, 9.17) is 17.3 Å². The molecule has 0 bridgehead atoms. The third-order valence-corrected chi connectivity index (χ3v) is 5.64. The van der Waals surface area contributed by atoms with Crippen LogP contribution in [0.1, 0.15) is 52.4 Å². The second-order valence-corrected chi connectivity index (χ2v) is 7.84. The smallest absolute Gasteiger partial charge is 0.267 e. The van der Waals surface area contributed by atoms with Crippen molar-refractivity contribution in [2.75, 3.05) is 20.1 Å². The number of ketones is 1. The third kappa shape index (κ3) is 5.81. The normalized spacial score (nSPS) is 10.7. The molecule has 174 valence electrons. The zero-order valence-corrected chi connectivity index (χ0v) is 20.8. The second-order valence-electron chi connectivity index (χ2n) is 7.43. The zero-order chi connectivity index (χ0) is 21.8. The summed E-state index contributed by atoms with van der Waals surface area (Å²) in [6.07, 6.45) is 1.58. The first-order chi connectivity index (χ1) is 14.4. The molecule has 1 aromatic carbocycles. The molecule has 6 nitrogen and oxygen atoms in total. The Labute approximate surface area is 205 Å². The Kier molecular flexibility index (Phi) is 10.6. The van der Waals surface area contributed by atoms with Crippen molar-refractivity contribution in [3.8, 4) is 0 Å². The molecule has 0 radical (unpaired) electrons. The van der Waals surface area contributed by atoms with E-state index in [0.29, 0.717) is 35.7 Å². The summed E-state index contributed by atoms with van der Waals surface area (Å²) < 4.78 is 2.01. The van der Waals surface area contributed by atoms with Crippen molar-refractivity contribution < 1.29 is 9.59 Å². The molecule has 0 saturated carbocycles. The molecule has 3 rings (SSSR count). The van der Waals surface area contributed by atoms with Crippen LogP contribution in [-0.2, 0) is 13.0 Å². The first-order valence-corrected chi connectivity index (χ1v) is 10.5. The van der Waals surface area contributed by atoms with Gasteiger partial charge in [0, 0.05) is 21.7 Å². The summed E-state index contributed by atoms with van der Waals surface area (Å²) in [4.78, 5) is 31.5. The Morgan fingerprint density at radius 1 is 1.12 bits per heavy atom. The Bertz CT molecular complexity index is 1100. The molecule has 3 aromatic rings. The Morgan fingerprint density at radius 2 is 1.81 bits per heavy atom. The molecular formula is C23H29Cl3N4O2. The largest absolute Gasteiger partial charge is 0.364 e. The minimum Gasteiger partial charge on any atom is -0.364 e. The van der Waals surface area contributed by atoms with E-state index in [1.807, 2.05) is 47.7 Å². The molecule has 2 aromatic heterocycles. The fourth-order valence-corrected chi connectivity index (χ4v) is 3.81. The summed E-state index contributed by atoms with van der Waals surface area (Å²) in [5.74, 6) is -0.558. The van der Waals surface area contributed by atoms with Crippen molar-refractivity contribution in [1.82, 2.24) is 14.5 Å². The highest BCUT2D eigenvalue weighted by molar-refractivity contribution is 6.31.